The van der Waals surface area contributed by atoms with Crippen molar-refractivity contribution >= 4 is 16.1 Å². The van der Waals surface area contributed by atoms with Crippen molar-refractivity contribution in [3.8, 4) is 0 Å². The molecule has 0 aromatic heterocycles. The van der Waals surface area contributed by atoms with Gasteiger partial charge >= 0.3 is 6.03 Å². The third kappa shape index (κ3) is 4.31. The van der Waals surface area contributed by atoms with Gasteiger partial charge in [-0.05, 0) is 23.3 Å². The van der Waals surface area contributed by atoms with Crippen molar-refractivity contribution in [2.45, 2.75) is 18.0 Å². The maximum absolute atomic E-state index is 12.1. The smallest absolute Gasteiger partial charge is 0.328 e. The number of hydrogen-bond donors (Lipinski definition) is 3. The van der Waals surface area contributed by atoms with E-state index in [1.807, 2.05) is 35.1 Å². The fraction of sp³-hybridized carbons (Fsp3) is 0.133. The molecule has 0 radical (unpaired) electrons. The van der Waals surface area contributed by atoms with Crippen LogP contribution in [0.1, 0.15) is 11.1 Å². The van der Waals surface area contributed by atoms with Crippen LogP contribution < -0.4 is 15.8 Å². The second kappa shape index (κ2) is 7.06. The summed E-state index contributed by atoms with van der Waals surface area (Å²) in [6, 6.07) is 14.5. The zero-order chi connectivity index (χ0) is 16.0. The average molecular weight is 319 g/mol. The Balaban J connectivity index is 1.97. The van der Waals surface area contributed by atoms with Crippen LogP contribution >= 0.6 is 0 Å². The lowest BCUT2D eigenvalue weighted by molar-refractivity contribution is 0.245. The standard InChI is InChI=1S/C15H17N3O3S/c16-10-12-6-8-14(9-7-12)22(20,21)18-15(19)17-11-13-4-2-1-3-5-13/h1-9H,10-11,16H2,(H2,17,18,19). The van der Waals surface area contributed by atoms with Gasteiger partial charge in [0.15, 0.2) is 0 Å². The first-order valence-electron chi connectivity index (χ1n) is 6.65. The number of hydrogen-bond acceptors (Lipinski definition) is 4. The Morgan fingerprint density at radius 3 is 2.18 bits per heavy atom. The molecular formula is C15H17N3O3S. The van der Waals surface area contributed by atoms with Crippen molar-refractivity contribution in [1.29, 1.82) is 0 Å². The number of nitrogens with two attached hydrogens (primary N) is 1. The van der Waals surface area contributed by atoms with Crippen molar-refractivity contribution in [2.24, 2.45) is 5.73 Å². The first-order valence-corrected chi connectivity index (χ1v) is 8.13. The Kier molecular flexibility index (Phi) is 5.13. The number of benzene rings is 2. The highest BCUT2D eigenvalue weighted by atomic mass is 32.2. The molecule has 2 aromatic carbocycles. The normalized spacial score (nSPS) is 11.0. The summed E-state index contributed by atoms with van der Waals surface area (Å²) in [6.07, 6.45) is 0. The minimum Gasteiger partial charge on any atom is -0.333 e. The fourth-order valence-electron chi connectivity index (χ4n) is 1.80. The van der Waals surface area contributed by atoms with Crippen LogP contribution in [0.2, 0.25) is 0 Å². The van der Waals surface area contributed by atoms with E-state index in [1.54, 1.807) is 12.1 Å². The molecule has 22 heavy (non-hydrogen) atoms. The Labute approximate surface area is 129 Å². The lowest BCUT2D eigenvalue weighted by Crippen LogP contribution is -2.39. The summed E-state index contributed by atoms with van der Waals surface area (Å²) < 4.78 is 26.1. The maximum Gasteiger partial charge on any atom is 0.328 e. The van der Waals surface area contributed by atoms with E-state index in [9.17, 15) is 13.2 Å². The van der Waals surface area contributed by atoms with Crippen molar-refractivity contribution < 1.29 is 13.2 Å². The summed E-state index contributed by atoms with van der Waals surface area (Å²) >= 11 is 0. The fourth-order valence-corrected chi connectivity index (χ4v) is 2.73. The molecule has 2 amide bonds. The Morgan fingerprint density at radius 1 is 0.955 bits per heavy atom. The molecule has 0 atom stereocenters. The molecule has 0 saturated carbocycles. The van der Waals surface area contributed by atoms with Gasteiger partial charge in [-0.3, -0.25) is 0 Å². The number of carbonyl (C=O) groups is 1. The number of amides is 2. The van der Waals surface area contributed by atoms with Gasteiger partial charge < -0.3 is 11.1 Å². The highest BCUT2D eigenvalue weighted by Crippen LogP contribution is 2.10. The summed E-state index contributed by atoms with van der Waals surface area (Å²) in [5.74, 6) is 0. The van der Waals surface area contributed by atoms with Crippen LogP contribution in [0.15, 0.2) is 59.5 Å². The zero-order valence-corrected chi connectivity index (χ0v) is 12.6. The molecular weight excluding hydrogens is 302 g/mol. The molecule has 0 heterocycles. The molecule has 0 fully saturated rings. The highest BCUT2D eigenvalue weighted by molar-refractivity contribution is 7.90. The molecule has 6 nitrogen and oxygen atoms in total. The quantitative estimate of drug-likeness (QED) is 0.774. The first kappa shape index (κ1) is 16.0. The highest BCUT2D eigenvalue weighted by Gasteiger charge is 2.17. The van der Waals surface area contributed by atoms with E-state index in [0.717, 1.165) is 11.1 Å². The molecule has 0 spiro atoms. The summed E-state index contributed by atoms with van der Waals surface area (Å²) in [6.45, 7) is 0.569. The molecule has 7 heteroatoms. The molecule has 2 rings (SSSR count). The third-order valence-electron chi connectivity index (χ3n) is 2.99. The second-order valence-electron chi connectivity index (χ2n) is 4.62. The van der Waals surface area contributed by atoms with E-state index in [2.05, 4.69) is 5.32 Å². The summed E-state index contributed by atoms with van der Waals surface area (Å²) in [5, 5.41) is 2.50. The van der Waals surface area contributed by atoms with Gasteiger partial charge in [-0.25, -0.2) is 17.9 Å². The molecule has 0 aliphatic heterocycles. The van der Waals surface area contributed by atoms with E-state index in [0.29, 0.717) is 6.54 Å². The van der Waals surface area contributed by atoms with Gasteiger partial charge in [0.2, 0.25) is 0 Å². The van der Waals surface area contributed by atoms with Crippen LogP contribution in [0, 0.1) is 0 Å². The topological polar surface area (TPSA) is 101 Å². The van der Waals surface area contributed by atoms with Gasteiger partial charge in [-0.2, -0.15) is 0 Å². The van der Waals surface area contributed by atoms with E-state index >= 15 is 0 Å². The molecule has 0 unspecified atom stereocenters. The largest absolute Gasteiger partial charge is 0.333 e. The molecule has 4 N–H and O–H groups in total. The van der Waals surface area contributed by atoms with E-state index in [1.165, 1.54) is 12.1 Å². The van der Waals surface area contributed by atoms with Gasteiger partial charge in [0.05, 0.1) is 4.90 Å². The second-order valence-corrected chi connectivity index (χ2v) is 6.30. The number of urea groups is 1. The van der Waals surface area contributed by atoms with Crippen LogP contribution in [0.3, 0.4) is 0 Å². The molecule has 0 aliphatic carbocycles. The third-order valence-corrected chi connectivity index (χ3v) is 4.34. The average Bonchev–Trinajstić information content (AvgIpc) is 2.53. The molecule has 0 bridgehead atoms. The number of rotatable bonds is 5. The van der Waals surface area contributed by atoms with E-state index in [-0.39, 0.29) is 11.4 Å². The van der Waals surface area contributed by atoms with Crippen LogP contribution in [0.4, 0.5) is 4.79 Å². The van der Waals surface area contributed by atoms with Crippen molar-refractivity contribution in [2.75, 3.05) is 0 Å². The minimum atomic E-state index is -3.89. The van der Waals surface area contributed by atoms with E-state index in [4.69, 9.17) is 5.73 Å². The van der Waals surface area contributed by atoms with Gasteiger partial charge in [-0.15, -0.1) is 0 Å². The summed E-state index contributed by atoms with van der Waals surface area (Å²) in [7, 11) is -3.89. The lowest BCUT2D eigenvalue weighted by atomic mass is 10.2. The lowest BCUT2D eigenvalue weighted by Gasteiger charge is -2.09. The van der Waals surface area contributed by atoms with Gasteiger partial charge in [0, 0.05) is 13.1 Å². The Morgan fingerprint density at radius 2 is 1.59 bits per heavy atom. The van der Waals surface area contributed by atoms with Crippen LogP contribution in [0.25, 0.3) is 0 Å². The van der Waals surface area contributed by atoms with Crippen molar-refractivity contribution in [3.05, 3.63) is 65.7 Å². The Bertz CT molecular complexity index is 728. The van der Waals surface area contributed by atoms with Crippen LogP contribution in [-0.2, 0) is 23.1 Å². The van der Waals surface area contributed by atoms with Gasteiger partial charge in [0.1, 0.15) is 0 Å². The van der Waals surface area contributed by atoms with Gasteiger partial charge in [-0.1, -0.05) is 42.5 Å². The number of nitrogens with one attached hydrogen (secondary N) is 2. The van der Waals surface area contributed by atoms with Crippen molar-refractivity contribution in [1.82, 2.24) is 10.0 Å². The first-order chi connectivity index (χ1) is 10.5. The monoisotopic (exact) mass is 319 g/mol. The van der Waals surface area contributed by atoms with Crippen molar-refractivity contribution in [3.63, 3.8) is 0 Å². The van der Waals surface area contributed by atoms with Crippen LogP contribution in [0.5, 0.6) is 0 Å². The van der Waals surface area contributed by atoms with E-state index < -0.39 is 16.1 Å². The summed E-state index contributed by atoms with van der Waals surface area (Å²) in [5.41, 5.74) is 7.14. The predicted octanol–water partition coefficient (Wildman–Crippen LogP) is 1.33. The predicted molar refractivity (Wildman–Crippen MR) is 83.3 cm³/mol. The summed E-state index contributed by atoms with van der Waals surface area (Å²) in [4.78, 5) is 11.7. The molecule has 2 aromatic rings. The molecule has 0 aliphatic rings. The molecule has 0 saturated heterocycles. The zero-order valence-electron chi connectivity index (χ0n) is 11.8. The molecule has 116 valence electrons. The minimum absolute atomic E-state index is 0.0135. The SMILES string of the molecule is NCc1ccc(S(=O)(=O)NC(=O)NCc2ccccc2)cc1. The van der Waals surface area contributed by atoms with Crippen LogP contribution in [-0.4, -0.2) is 14.4 Å². The Hall–Kier alpha value is -2.38. The maximum atomic E-state index is 12.1. The van der Waals surface area contributed by atoms with Gasteiger partial charge in [0.25, 0.3) is 10.0 Å². The number of sulfonamides is 1. The number of carbonyl (C=O) groups excluding carboxylic acids is 1.